The summed E-state index contributed by atoms with van der Waals surface area (Å²) < 4.78 is 13.1. The molecule has 1 saturated heterocycles. The minimum atomic E-state index is -0.0404. The number of para-hydroxylation sites is 1. The van der Waals surface area contributed by atoms with Crippen molar-refractivity contribution in [1.29, 1.82) is 0 Å². The van der Waals surface area contributed by atoms with Gasteiger partial charge in [0.05, 0.1) is 20.3 Å². The van der Waals surface area contributed by atoms with Crippen molar-refractivity contribution in [3.8, 4) is 5.75 Å². The van der Waals surface area contributed by atoms with Gasteiger partial charge in [0.2, 0.25) is 5.91 Å². The first-order valence-corrected chi connectivity index (χ1v) is 13.5. The van der Waals surface area contributed by atoms with Gasteiger partial charge in [0.25, 0.3) is 0 Å². The van der Waals surface area contributed by atoms with Gasteiger partial charge in [-0.05, 0) is 45.9 Å². The summed E-state index contributed by atoms with van der Waals surface area (Å²) in [5.74, 6) is 0.999. The number of morpholine rings is 1. The van der Waals surface area contributed by atoms with E-state index in [2.05, 4.69) is 92.2 Å². The van der Waals surface area contributed by atoms with E-state index in [-0.39, 0.29) is 17.2 Å². The molecule has 1 atom stereocenters. The predicted octanol–water partition coefficient (Wildman–Crippen LogP) is 6.38. The fourth-order valence-electron chi connectivity index (χ4n) is 5.35. The summed E-state index contributed by atoms with van der Waals surface area (Å²) in [7, 11) is 1.69. The van der Waals surface area contributed by atoms with Crippen LogP contribution in [0.25, 0.3) is 10.9 Å². The zero-order valence-corrected chi connectivity index (χ0v) is 22.9. The van der Waals surface area contributed by atoms with Crippen molar-refractivity contribution in [2.45, 2.75) is 45.1 Å². The van der Waals surface area contributed by atoms with Crippen molar-refractivity contribution in [3.63, 3.8) is 0 Å². The fraction of sp³-hybridized carbons (Fsp3) is 0.364. The van der Waals surface area contributed by atoms with Crippen molar-refractivity contribution in [3.05, 3.63) is 101 Å². The quantitative estimate of drug-likeness (QED) is 0.290. The second-order valence-corrected chi connectivity index (χ2v) is 11.2. The van der Waals surface area contributed by atoms with E-state index in [1.165, 1.54) is 33.2 Å². The fourth-order valence-corrected chi connectivity index (χ4v) is 5.35. The summed E-state index contributed by atoms with van der Waals surface area (Å²) in [6, 6.07) is 25.6. The van der Waals surface area contributed by atoms with Gasteiger partial charge >= 0.3 is 0 Å². The van der Waals surface area contributed by atoms with E-state index in [9.17, 15) is 4.79 Å². The number of hydrogen-bond donors (Lipinski definition) is 0. The number of methoxy groups -OCH3 is 1. The maximum Gasteiger partial charge on any atom is 0.223 e. The molecule has 0 saturated carbocycles. The highest BCUT2D eigenvalue weighted by molar-refractivity contribution is 5.87. The van der Waals surface area contributed by atoms with Crippen molar-refractivity contribution in [2.75, 3.05) is 33.4 Å². The van der Waals surface area contributed by atoms with Gasteiger partial charge in [-0.1, -0.05) is 75.4 Å². The van der Waals surface area contributed by atoms with E-state index in [1.54, 1.807) is 7.11 Å². The van der Waals surface area contributed by atoms with Gasteiger partial charge in [-0.25, -0.2) is 0 Å². The SMILES string of the molecule is COc1ccc(Cn2cc([C@H](CC(=O)N3CCOCC3)c3ccc(C(C)(C)C)cc3)c3ccccc32)cc1. The van der Waals surface area contributed by atoms with Gasteiger partial charge < -0.3 is 18.9 Å². The number of ether oxygens (including phenoxy) is 2. The first kappa shape index (κ1) is 26.1. The van der Waals surface area contributed by atoms with E-state index < -0.39 is 0 Å². The summed E-state index contributed by atoms with van der Waals surface area (Å²) >= 11 is 0. The number of aromatic nitrogens is 1. The van der Waals surface area contributed by atoms with E-state index in [1.807, 2.05) is 17.0 Å². The van der Waals surface area contributed by atoms with Crippen LogP contribution in [-0.4, -0.2) is 48.8 Å². The number of benzene rings is 3. The van der Waals surface area contributed by atoms with Gasteiger partial charge in [-0.2, -0.15) is 0 Å². The summed E-state index contributed by atoms with van der Waals surface area (Å²) in [6.07, 6.45) is 2.69. The average molecular weight is 511 g/mol. The molecule has 0 N–H and O–H groups in total. The molecule has 0 spiro atoms. The first-order chi connectivity index (χ1) is 18.3. The Morgan fingerprint density at radius 3 is 2.29 bits per heavy atom. The number of rotatable bonds is 7. The topological polar surface area (TPSA) is 43.7 Å². The smallest absolute Gasteiger partial charge is 0.223 e. The van der Waals surface area contributed by atoms with E-state index in [0.29, 0.717) is 32.7 Å². The summed E-state index contributed by atoms with van der Waals surface area (Å²) in [6.45, 7) is 9.98. The average Bonchev–Trinajstić information content (AvgIpc) is 3.30. The van der Waals surface area contributed by atoms with E-state index in [0.717, 1.165) is 12.3 Å². The monoisotopic (exact) mass is 510 g/mol. The Morgan fingerprint density at radius 1 is 0.947 bits per heavy atom. The molecule has 1 aliphatic heterocycles. The number of nitrogens with zero attached hydrogens (tertiary/aromatic N) is 2. The highest BCUT2D eigenvalue weighted by Crippen LogP contribution is 2.36. The Bertz CT molecular complexity index is 1370. The summed E-state index contributed by atoms with van der Waals surface area (Å²) in [5, 5.41) is 1.20. The number of amides is 1. The second-order valence-electron chi connectivity index (χ2n) is 11.2. The Kier molecular flexibility index (Phi) is 7.57. The minimum absolute atomic E-state index is 0.0404. The Hall–Kier alpha value is -3.57. The molecule has 1 amide bonds. The van der Waals surface area contributed by atoms with Gasteiger partial charge in [-0.15, -0.1) is 0 Å². The summed E-state index contributed by atoms with van der Waals surface area (Å²) in [4.78, 5) is 15.5. The molecule has 0 unspecified atom stereocenters. The third-order valence-electron chi connectivity index (χ3n) is 7.63. The highest BCUT2D eigenvalue weighted by Gasteiger charge is 2.27. The van der Waals surface area contributed by atoms with Crippen molar-refractivity contribution in [1.82, 2.24) is 9.47 Å². The lowest BCUT2D eigenvalue weighted by atomic mass is 9.83. The molecule has 0 radical (unpaired) electrons. The van der Waals surface area contributed by atoms with Crippen LogP contribution in [-0.2, 0) is 21.5 Å². The Labute approximate surface area is 226 Å². The number of hydrogen-bond acceptors (Lipinski definition) is 3. The maximum atomic E-state index is 13.5. The van der Waals surface area contributed by atoms with Crippen LogP contribution in [0.15, 0.2) is 79.0 Å². The Balaban J connectivity index is 1.55. The lowest BCUT2D eigenvalue weighted by molar-refractivity contribution is -0.135. The van der Waals surface area contributed by atoms with Crippen LogP contribution in [0, 0.1) is 0 Å². The molecule has 2 heterocycles. The first-order valence-electron chi connectivity index (χ1n) is 13.5. The molecule has 5 heteroatoms. The molecule has 1 aliphatic rings. The lowest BCUT2D eigenvalue weighted by Gasteiger charge is -2.29. The van der Waals surface area contributed by atoms with Gasteiger partial charge in [-0.3, -0.25) is 4.79 Å². The highest BCUT2D eigenvalue weighted by atomic mass is 16.5. The molecule has 198 valence electrons. The van der Waals surface area contributed by atoms with Crippen molar-refractivity contribution in [2.24, 2.45) is 0 Å². The molecule has 1 aromatic heterocycles. The van der Waals surface area contributed by atoms with Gasteiger partial charge in [0.15, 0.2) is 0 Å². The van der Waals surface area contributed by atoms with Crippen LogP contribution in [0.2, 0.25) is 0 Å². The van der Waals surface area contributed by atoms with Crippen LogP contribution in [0.4, 0.5) is 0 Å². The molecule has 38 heavy (non-hydrogen) atoms. The third-order valence-corrected chi connectivity index (χ3v) is 7.63. The molecular weight excluding hydrogens is 472 g/mol. The number of carbonyl (C=O) groups is 1. The predicted molar refractivity (Wildman–Crippen MR) is 153 cm³/mol. The summed E-state index contributed by atoms with van der Waals surface area (Å²) in [5.41, 5.74) is 6.11. The molecule has 3 aromatic carbocycles. The zero-order chi connectivity index (χ0) is 26.7. The van der Waals surface area contributed by atoms with Crippen LogP contribution >= 0.6 is 0 Å². The molecule has 5 nitrogen and oxygen atoms in total. The molecule has 1 fully saturated rings. The standard InChI is InChI=1S/C33H38N2O3/c1-33(2,3)26-13-11-25(12-14-26)29(21-32(36)34-17-19-38-20-18-34)30-23-35(31-8-6-5-7-28(30)31)22-24-9-15-27(37-4)16-10-24/h5-16,23,29H,17-22H2,1-4H3/t29-/m1/s1. The van der Waals surface area contributed by atoms with Gasteiger partial charge in [0, 0.05) is 49.1 Å². The maximum absolute atomic E-state index is 13.5. The van der Waals surface area contributed by atoms with E-state index >= 15 is 0 Å². The molecule has 0 aliphatic carbocycles. The number of carbonyl (C=O) groups excluding carboxylic acids is 1. The van der Waals surface area contributed by atoms with Crippen LogP contribution < -0.4 is 4.74 Å². The van der Waals surface area contributed by atoms with Crippen LogP contribution in [0.5, 0.6) is 5.75 Å². The van der Waals surface area contributed by atoms with Crippen molar-refractivity contribution < 1.29 is 14.3 Å². The van der Waals surface area contributed by atoms with E-state index in [4.69, 9.17) is 9.47 Å². The zero-order valence-electron chi connectivity index (χ0n) is 22.9. The van der Waals surface area contributed by atoms with Crippen LogP contribution in [0.3, 0.4) is 0 Å². The minimum Gasteiger partial charge on any atom is -0.497 e. The largest absolute Gasteiger partial charge is 0.497 e. The Morgan fingerprint density at radius 2 is 1.63 bits per heavy atom. The number of fused-ring (bicyclic) bond motifs is 1. The normalized spacial score (nSPS) is 15.0. The van der Waals surface area contributed by atoms with Crippen molar-refractivity contribution >= 4 is 16.8 Å². The van der Waals surface area contributed by atoms with Crippen LogP contribution in [0.1, 0.15) is 55.4 Å². The molecule has 0 bridgehead atoms. The third kappa shape index (κ3) is 5.63. The molecular formula is C33H38N2O3. The molecule has 5 rings (SSSR count). The lowest BCUT2D eigenvalue weighted by Crippen LogP contribution is -2.41. The molecule has 4 aromatic rings. The van der Waals surface area contributed by atoms with Gasteiger partial charge in [0.1, 0.15) is 5.75 Å². The second kappa shape index (κ2) is 11.0.